The number of halogens is 2. The Morgan fingerprint density at radius 3 is 2.24 bits per heavy atom. The lowest BCUT2D eigenvalue weighted by molar-refractivity contribution is 0.278. The van der Waals surface area contributed by atoms with E-state index in [1.54, 1.807) is 24.3 Å². The quantitative estimate of drug-likeness (QED) is 0.731. The first kappa shape index (κ1) is 19.2. The molecule has 2 aromatic rings. The highest BCUT2D eigenvalue weighted by molar-refractivity contribution is 5.63. The van der Waals surface area contributed by atoms with Gasteiger partial charge in [-0.15, -0.1) is 0 Å². The maximum Gasteiger partial charge on any atom is 0.192 e. The predicted octanol–water partition coefficient (Wildman–Crippen LogP) is 4.90. The summed E-state index contributed by atoms with van der Waals surface area (Å²) in [6.07, 6.45) is 3.24. The van der Waals surface area contributed by atoms with Gasteiger partial charge >= 0.3 is 0 Å². The van der Waals surface area contributed by atoms with Gasteiger partial charge in [0.05, 0.1) is 0 Å². The van der Waals surface area contributed by atoms with E-state index < -0.39 is 0 Å². The normalized spacial score (nSPS) is 20.7. The summed E-state index contributed by atoms with van der Waals surface area (Å²) in [5.74, 6) is 0.193. The van der Waals surface area contributed by atoms with Crippen molar-refractivity contribution in [2.45, 2.75) is 18.8 Å². The maximum absolute atomic E-state index is 13.5. The van der Waals surface area contributed by atoms with Crippen molar-refractivity contribution in [3.8, 4) is 0 Å². The lowest BCUT2D eigenvalue weighted by Crippen LogP contribution is -2.28. The van der Waals surface area contributed by atoms with E-state index >= 15 is 0 Å². The molecule has 1 aliphatic heterocycles. The van der Waals surface area contributed by atoms with Crippen LogP contribution in [0.4, 0.5) is 8.78 Å². The molecule has 2 aromatic carbocycles. The third-order valence-electron chi connectivity index (χ3n) is 5.32. The number of allylic oxidation sites excluding steroid dienone is 3. The summed E-state index contributed by atoms with van der Waals surface area (Å²) in [6.45, 7) is 4.42. The van der Waals surface area contributed by atoms with Gasteiger partial charge in [-0.2, -0.15) is 0 Å². The monoisotopic (exact) mass is 392 g/mol. The van der Waals surface area contributed by atoms with Crippen LogP contribution in [0.1, 0.15) is 29.9 Å². The number of hydrogen-bond acceptors (Lipinski definition) is 3. The van der Waals surface area contributed by atoms with E-state index in [1.165, 1.54) is 24.3 Å². The Morgan fingerprint density at radius 1 is 1.00 bits per heavy atom. The van der Waals surface area contributed by atoms with Gasteiger partial charge in [-0.3, -0.25) is 0 Å². The van der Waals surface area contributed by atoms with E-state index in [4.69, 9.17) is 16.2 Å². The molecule has 0 saturated heterocycles. The van der Waals surface area contributed by atoms with Gasteiger partial charge in [-0.1, -0.05) is 36.4 Å². The third-order valence-corrected chi connectivity index (χ3v) is 5.32. The van der Waals surface area contributed by atoms with Crippen molar-refractivity contribution >= 4 is 6.08 Å². The number of nitrogens with two attached hydrogens (primary N) is 2. The molecule has 0 saturated carbocycles. The van der Waals surface area contributed by atoms with Crippen LogP contribution >= 0.6 is 0 Å². The van der Waals surface area contributed by atoms with E-state index in [0.717, 1.165) is 33.4 Å². The summed E-state index contributed by atoms with van der Waals surface area (Å²) in [6, 6.07) is 12.6. The van der Waals surface area contributed by atoms with Crippen LogP contribution in [0.15, 0.2) is 89.0 Å². The molecular weight excluding hydrogens is 370 g/mol. The Labute approximate surface area is 168 Å². The molecule has 29 heavy (non-hydrogen) atoms. The minimum Gasteiger partial charge on any atom is -0.441 e. The van der Waals surface area contributed by atoms with E-state index in [2.05, 4.69) is 6.58 Å². The molecule has 0 aromatic heterocycles. The largest absolute Gasteiger partial charge is 0.441 e. The van der Waals surface area contributed by atoms with Crippen LogP contribution in [-0.2, 0) is 4.74 Å². The van der Waals surface area contributed by atoms with Crippen molar-refractivity contribution in [2.75, 3.05) is 6.54 Å². The third kappa shape index (κ3) is 3.74. The maximum atomic E-state index is 13.5. The number of rotatable bonds is 3. The highest BCUT2D eigenvalue weighted by Crippen LogP contribution is 2.47. The van der Waals surface area contributed by atoms with Crippen LogP contribution in [0.5, 0.6) is 0 Å². The van der Waals surface area contributed by atoms with Gasteiger partial charge in [0.1, 0.15) is 17.4 Å². The molecule has 5 heteroatoms. The minimum atomic E-state index is -0.300. The zero-order valence-corrected chi connectivity index (χ0v) is 15.9. The van der Waals surface area contributed by atoms with Crippen molar-refractivity contribution < 1.29 is 13.5 Å². The first-order valence-corrected chi connectivity index (χ1v) is 9.44. The SMILES string of the molecule is C=C1CC2=C(OC(N)=C(CN)C2c2ccc(F)cc2)/C(=C/c2ccc(F)cc2)C1. The van der Waals surface area contributed by atoms with Crippen LogP contribution in [0, 0.1) is 11.6 Å². The molecule has 1 heterocycles. The summed E-state index contributed by atoms with van der Waals surface area (Å²) >= 11 is 0. The van der Waals surface area contributed by atoms with Crippen LogP contribution in [0.25, 0.3) is 6.08 Å². The summed E-state index contributed by atoms with van der Waals surface area (Å²) in [7, 11) is 0. The van der Waals surface area contributed by atoms with Crippen LogP contribution < -0.4 is 11.5 Å². The molecule has 1 unspecified atom stereocenters. The van der Waals surface area contributed by atoms with E-state index in [1.807, 2.05) is 6.08 Å². The van der Waals surface area contributed by atoms with Gasteiger partial charge < -0.3 is 16.2 Å². The summed E-state index contributed by atoms with van der Waals surface area (Å²) in [5.41, 5.74) is 17.7. The summed E-state index contributed by atoms with van der Waals surface area (Å²) in [5, 5.41) is 0. The van der Waals surface area contributed by atoms with Gasteiger partial charge in [0.2, 0.25) is 0 Å². The average molecular weight is 392 g/mol. The highest BCUT2D eigenvalue weighted by Gasteiger charge is 2.35. The second kappa shape index (κ2) is 7.68. The fraction of sp³-hybridized carbons (Fsp3) is 0.167. The molecule has 0 spiro atoms. The zero-order chi connectivity index (χ0) is 20.5. The number of ether oxygens (including phenoxy) is 1. The van der Waals surface area contributed by atoms with Crippen molar-refractivity contribution in [1.82, 2.24) is 0 Å². The standard InChI is InChI=1S/C24H22F2N2O/c1-14-10-17(12-15-2-6-18(25)7-3-15)23-20(11-14)22(21(13-27)24(28)29-23)16-4-8-19(26)9-5-16/h2-9,12,22H,1,10-11,13,27-28H2/b17-12+. The summed E-state index contributed by atoms with van der Waals surface area (Å²) in [4.78, 5) is 0. The second-order valence-corrected chi connectivity index (χ2v) is 7.36. The molecule has 0 fully saturated rings. The predicted molar refractivity (Wildman–Crippen MR) is 110 cm³/mol. The van der Waals surface area contributed by atoms with Crippen molar-refractivity contribution in [2.24, 2.45) is 11.5 Å². The molecule has 4 rings (SSSR count). The molecule has 0 amide bonds. The molecule has 2 aliphatic rings. The minimum absolute atomic E-state index is 0.196. The lowest BCUT2D eigenvalue weighted by Gasteiger charge is -2.35. The molecule has 3 nitrogen and oxygen atoms in total. The second-order valence-electron chi connectivity index (χ2n) is 7.36. The van der Waals surface area contributed by atoms with Gasteiger partial charge in [-0.05, 0) is 65.5 Å². The molecule has 1 aliphatic carbocycles. The molecule has 1 atom stereocenters. The van der Waals surface area contributed by atoms with Crippen molar-refractivity contribution in [3.63, 3.8) is 0 Å². The van der Waals surface area contributed by atoms with Crippen molar-refractivity contribution in [3.05, 3.63) is 112 Å². The molecule has 0 radical (unpaired) electrons. The Balaban J connectivity index is 1.85. The Morgan fingerprint density at radius 2 is 1.62 bits per heavy atom. The number of benzene rings is 2. The van der Waals surface area contributed by atoms with Crippen LogP contribution in [0.2, 0.25) is 0 Å². The molecule has 148 valence electrons. The Bertz CT molecular complexity index is 1050. The summed E-state index contributed by atoms with van der Waals surface area (Å²) < 4.78 is 32.8. The molecule has 4 N–H and O–H groups in total. The van der Waals surface area contributed by atoms with Gasteiger partial charge in [0, 0.05) is 18.0 Å². The Hall–Kier alpha value is -3.18. The van der Waals surface area contributed by atoms with E-state index in [0.29, 0.717) is 18.6 Å². The van der Waals surface area contributed by atoms with Gasteiger partial charge in [0.15, 0.2) is 5.88 Å². The van der Waals surface area contributed by atoms with Crippen LogP contribution in [0.3, 0.4) is 0 Å². The first-order valence-electron chi connectivity index (χ1n) is 9.44. The lowest BCUT2D eigenvalue weighted by atomic mass is 9.75. The fourth-order valence-electron chi connectivity index (χ4n) is 4.01. The smallest absolute Gasteiger partial charge is 0.192 e. The highest BCUT2D eigenvalue weighted by atomic mass is 19.1. The van der Waals surface area contributed by atoms with Gasteiger partial charge in [0.25, 0.3) is 0 Å². The Kier molecular flexibility index (Phi) is 5.07. The average Bonchev–Trinajstić information content (AvgIpc) is 2.70. The molecular formula is C24H22F2N2O. The zero-order valence-electron chi connectivity index (χ0n) is 15.9. The molecule has 0 bridgehead atoms. The van der Waals surface area contributed by atoms with Crippen molar-refractivity contribution in [1.29, 1.82) is 0 Å². The van der Waals surface area contributed by atoms with Crippen LogP contribution in [-0.4, -0.2) is 6.54 Å². The number of hydrogen-bond donors (Lipinski definition) is 2. The van der Waals surface area contributed by atoms with E-state index in [-0.39, 0.29) is 30.0 Å². The van der Waals surface area contributed by atoms with Gasteiger partial charge in [-0.25, -0.2) is 8.78 Å². The topological polar surface area (TPSA) is 61.3 Å². The first-order chi connectivity index (χ1) is 14.0. The fourth-order valence-corrected chi connectivity index (χ4v) is 4.01. The van der Waals surface area contributed by atoms with E-state index in [9.17, 15) is 8.78 Å².